The van der Waals surface area contributed by atoms with Crippen LogP contribution in [0.1, 0.15) is 49.1 Å². The minimum atomic E-state index is -3.23. The maximum Gasteiger partial charge on any atom is 0.307 e. The van der Waals surface area contributed by atoms with Crippen LogP contribution < -0.4 is 5.73 Å². The highest BCUT2D eigenvalue weighted by atomic mass is 79.9. The summed E-state index contributed by atoms with van der Waals surface area (Å²) in [6.07, 6.45) is 1.36. The number of amides is 1. The zero-order valence-corrected chi connectivity index (χ0v) is 26.5. The first-order valence-corrected chi connectivity index (χ1v) is 16.4. The van der Waals surface area contributed by atoms with E-state index < -0.39 is 87.1 Å². The van der Waals surface area contributed by atoms with Gasteiger partial charge in [0.25, 0.3) is 5.91 Å². The van der Waals surface area contributed by atoms with E-state index in [-0.39, 0.29) is 33.9 Å². The number of hydrogen-bond acceptors (Lipinski definition) is 11. The minimum absolute atomic E-state index is 0.0221. The molecule has 0 aromatic heterocycles. The van der Waals surface area contributed by atoms with Gasteiger partial charge in [0.2, 0.25) is 5.78 Å². The van der Waals surface area contributed by atoms with Gasteiger partial charge in [-0.25, -0.2) is 4.39 Å². The normalized spacial score (nSPS) is 32.0. The van der Waals surface area contributed by atoms with Crippen LogP contribution in [0.2, 0.25) is 0 Å². The third-order valence-electron chi connectivity index (χ3n) is 9.22. The monoisotopic (exact) mass is 696 g/mol. The van der Waals surface area contributed by atoms with Crippen LogP contribution in [0, 0.1) is 5.92 Å². The van der Waals surface area contributed by atoms with Gasteiger partial charge >= 0.3 is 5.97 Å². The lowest BCUT2D eigenvalue weighted by Gasteiger charge is -2.57. The van der Waals surface area contributed by atoms with E-state index in [9.17, 15) is 39.6 Å². The van der Waals surface area contributed by atoms with Gasteiger partial charge in [-0.1, -0.05) is 40.9 Å². The summed E-state index contributed by atoms with van der Waals surface area (Å²) in [5.41, 5.74) is -3.09. The van der Waals surface area contributed by atoms with Crippen LogP contribution in [0.25, 0.3) is 5.76 Å². The van der Waals surface area contributed by atoms with Crippen molar-refractivity contribution in [3.8, 4) is 5.75 Å². The van der Waals surface area contributed by atoms with Crippen molar-refractivity contribution in [3.05, 3.63) is 46.2 Å². The van der Waals surface area contributed by atoms with E-state index in [1.165, 1.54) is 49.0 Å². The number of likely N-dealkylation sites (N-methyl/N-ethyl adjacent to an activating group) is 1. The second kappa shape index (κ2) is 11.8. The number of ketones is 2. The molecule has 4 aliphatic rings. The molecule has 6 N–H and O–H groups in total. The molecule has 1 amide bonds. The lowest BCUT2D eigenvalue weighted by atomic mass is 9.52. The van der Waals surface area contributed by atoms with Crippen LogP contribution in [0.3, 0.4) is 0 Å². The number of carbonyl (C=O) groups excluding carboxylic acids is 4. The molecule has 11 nitrogen and oxygen atoms in total. The second-order valence-corrected chi connectivity index (χ2v) is 14.0. The van der Waals surface area contributed by atoms with Gasteiger partial charge in [-0.05, 0) is 38.6 Å². The van der Waals surface area contributed by atoms with Crippen molar-refractivity contribution in [1.82, 2.24) is 4.90 Å². The average Bonchev–Trinajstić information content (AvgIpc) is 3.46. The standard InChI is InChI=1S/C30H34BrFN2O9S/c1-34(2)22-20-27(43-17(36)10-11-31)29(32)15(12-44-13-6-3-4-7-13)14-8-5-9-16(35)18(14)23(37)21(29)26(40)30(20,42)25(39)19(24(22)38)28(33)41/h5,8-9,13,15,20,22,27,35,37,39,42H,3-4,6-7,10-12H2,1-2H3,(H2,33,41)/t15-,20+,22-,27+,29-,30+/m0/s1. The van der Waals surface area contributed by atoms with Gasteiger partial charge in [0.1, 0.15) is 28.9 Å². The van der Waals surface area contributed by atoms with Crippen molar-refractivity contribution in [2.45, 2.75) is 66.7 Å². The Kier molecular flexibility index (Phi) is 8.68. The van der Waals surface area contributed by atoms with E-state index >= 15 is 4.39 Å². The highest BCUT2D eigenvalue weighted by Crippen LogP contribution is 2.61. The number of phenols is 1. The first kappa shape index (κ1) is 32.5. The molecule has 2 saturated carbocycles. The highest BCUT2D eigenvalue weighted by molar-refractivity contribution is 9.09. The molecule has 0 radical (unpaired) electrons. The lowest BCUT2D eigenvalue weighted by molar-refractivity contribution is -0.198. The fraction of sp³-hybridized carbons (Fsp3) is 0.533. The van der Waals surface area contributed by atoms with Crippen molar-refractivity contribution in [3.63, 3.8) is 0 Å². The topological polar surface area (TPSA) is 188 Å². The highest BCUT2D eigenvalue weighted by Gasteiger charge is 2.75. The molecule has 6 atom stereocenters. The Morgan fingerprint density at radius 3 is 2.43 bits per heavy atom. The first-order chi connectivity index (χ1) is 20.7. The van der Waals surface area contributed by atoms with Crippen LogP contribution in [0.4, 0.5) is 4.39 Å². The van der Waals surface area contributed by atoms with Crippen molar-refractivity contribution in [2.24, 2.45) is 11.7 Å². The second-order valence-electron chi connectivity index (χ2n) is 11.9. The molecule has 0 spiro atoms. The number of alkyl halides is 2. The number of halogens is 2. The first-order valence-electron chi connectivity index (χ1n) is 14.3. The van der Waals surface area contributed by atoms with Gasteiger partial charge in [-0.2, -0.15) is 11.8 Å². The summed E-state index contributed by atoms with van der Waals surface area (Å²) in [6.45, 7) is 0. The van der Waals surface area contributed by atoms with Gasteiger partial charge < -0.3 is 30.9 Å². The summed E-state index contributed by atoms with van der Waals surface area (Å²) in [5, 5.41) is 46.1. The van der Waals surface area contributed by atoms with Crippen molar-refractivity contribution in [1.29, 1.82) is 0 Å². The molecule has 238 valence electrons. The number of hydrogen-bond donors (Lipinski definition) is 5. The van der Waals surface area contributed by atoms with Crippen molar-refractivity contribution in [2.75, 3.05) is 25.2 Å². The summed E-state index contributed by atoms with van der Waals surface area (Å²) < 4.78 is 24.3. The molecule has 0 unspecified atom stereocenters. The maximum absolute atomic E-state index is 18.6. The number of rotatable bonds is 8. The molecule has 2 fully saturated rings. The summed E-state index contributed by atoms with van der Waals surface area (Å²) in [6, 6.07) is 2.51. The Morgan fingerprint density at radius 2 is 1.84 bits per heavy atom. The number of primary amides is 1. The number of ether oxygens (including phenoxy) is 1. The number of thioether (sulfide) groups is 1. The number of nitrogens with zero attached hydrogens (tertiary/aromatic N) is 1. The van der Waals surface area contributed by atoms with Gasteiger partial charge in [0.15, 0.2) is 17.1 Å². The van der Waals surface area contributed by atoms with E-state index in [0.717, 1.165) is 25.7 Å². The van der Waals surface area contributed by atoms with E-state index in [1.807, 2.05) is 0 Å². The van der Waals surface area contributed by atoms with Crippen molar-refractivity contribution >= 4 is 56.9 Å². The van der Waals surface area contributed by atoms with Crippen LogP contribution in [0.15, 0.2) is 35.1 Å². The third-order valence-corrected chi connectivity index (χ3v) is 11.1. The van der Waals surface area contributed by atoms with Gasteiger partial charge in [-0.15, -0.1) is 0 Å². The zero-order valence-electron chi connectivity index (χ0n) is 24.1. The number of aromatic hydroxyl groups is 1. The van der Waals surface area contributed by atoms with E-state index in [4.69, 9.17) is 10.5 Å². The predicted molar refractivity (Wildman–Crippen MR) is 162 cm³/mol. The maximum atomic E-state index is 18.6. The third kappa shape index (κ3) is 4.67. The fourth-order valence-electron chi connectivity index (χ4n) is 7.26. The number of aliphatic hydroxyl groups is 3. The molecule has 4 aliphatic carbocycles. The van der Waals surface area contributed by atoms with E-state index in [0.29, 0.717) is 0 Å². The Balaban J connectivity index is 1.84. The molecule has 0 bridgehead atoms. The Labute approximate surface area is 265 Å². The van der Waals surface area contributed by atoms with Gasteiger partial charge in [0.05, 0.1) is 29.5 Å². The molecule has 0 saturated heterocycles. The van der Waals surface area contributed by atoms with E-state index in [1.54, 1.807) is 0 Å². The van der Waals surface area contributed by atoms with Gasteiger partial charge in [0, 0.05) is 22.3 Å². The lowest BCUT2D eigenvalue weighted by Crippen LogP contribution is -2.75. The van der Waals surface area contributed by atoms with Crippen LogP contribution in [-0.4, -0.2) is 103 Å². The number of fused-ring (bicyclic) bond motifs is 3. The number of Topliss-reactive ketones (excluding diaryl/α,β-unsaturated/α-hetero) is 2. The van der Waals surface area contributed by atoms with Crippen LogP contribution >= 0.6 is 27.7 Å². The largest absolute Gasteiger partial charge is 0.508 e. The molecule has 0 aliphatic heterocycles. The molecule has 1 aromatic rings. The number of carbonyl (C=O) groups is 4. The molecule has 44 heavy (non-hydrogen) atoms. The van der Waals surface area contributed by atoms with Crippen LogP contribution in [-0.2, 0) is 23.9 Å². The Morgan fingerprint density at radius 1 is 1.18 bits per heavy atom. The number of nitrogens with two attached hydrogens (primary N) is 1. The van der Waals surface area contributed by atoms with Crippen molar-refractivity contribution < 1.29 is 48.7 Å². The number of esters is 1. The molecule has 5 rings (SSSR count). The summed E-state index contributed by atoms with van der Waals surface area (Å²) in [4.78, 5) is 54.8. The average molecular weight is 698 g/mol. The Hall–Kier alpha value is -2.94. The molecular formula is C30H34BrFN2O9S. The summed E-state index contributed by atoms with van der Waals surface area (Å²) in [7, 11) is 2.75. The number of aliphatic hydroxyl groups excluding tert-OH is 2. The predicted octanol–water partition coefficient (Wildman–Crippen LogP) is 2.58. The zero-order chi connectivity index (χ0) is 32.3. The van der Waals surface area contributed by atoms with Gasteiger partial charge in [-0.3, -0.25) is 24.1 Å². The summed E-state index contributed by atoms with van der Waals surface area (Å²) >= 11 is 4.58. The fourth-order valence-corrected chi connectivity index (χ4v) is 9.14. The number of benzene rings is 1. The number of phenolic OH excluding ortho intramolecular Hbond substituents is 1. The molecule has 14 heteroatoms. The Bertz CT molecular complexity index is 1490. The smallest absolute Gasteiger partial charge is 0.307 e. The van der Waals surface area contributed by atoms with E-state index in [2.05, 4.69) is 15.9 Å². The minimum Gasteiger partial charge on any atom is -0.508 e. The molecule has 0 heterocycles. The van der Waals surface area contributed by atoms with Crippen LogP contribution in [0.5, 0.6) is 5.75 Å². The summed E-state index contributed by atoms with van der Waals surface area (Å²) in [5.74, 6) is -11.2. The molecule has 1 aromatic carbocycles. The molecular weight excluding hydrogens is 663 g/mol. The SMILES string of the molecule is CN(C)[C@@H]1C(=O)C(C(N)=O)=C(O)[C@@]2(O)C(=O)C3=C(O)c4c(O)cccc4[C@H](CSC4CCCC4)[C@@]3(F)[C@H](OC(=O)CCBr)[C@@H]12. The quantitative estimate of drug-likeness (QED) is 0.153.